The maximum atomic E-state index is 12.6. The Bertz CT molecular complexity index is 738. The number of aryl methyl sites for hydroxylation is 1. The molecule has 2 saturated heterocycles. The molecule has 2 fully saturated rings. The standard InChI is InChI=1S/C17H21N5O2S/c1-12-20-15(11-25-12)9-21-4-5-24-16-10-22(8-14(16)7-21)17(23)13-2-3-18-19-6-13/h2-3,6,11,14,16H,4-5,7-10H2,1H3/t14-,16+/m0/s1. The van der Waals surface area contributed by atoms with Gasteiger partial charge in [0.1, 0.15) is 0 Å². The number of hydrogen-bond acceptors (Lipinski definition) is 7. The van der Waals surface area contributed by atoms with Crippen LogP contribution in [0.5, 0.6) is 0 Å². The first kappa shape index (κ1) is 16.6. The number of likely N-dealkylation sites (tertiary alicyclic amines) is 1. The fraction of sp³-hybridized carbons (Fsp3) is 0.529. The molecule has 132 valence electrons. The summed E-state index contributed by atoms with van der Waals surface area (Å²) in [6, 6.07) is 1.71. The van der Waals surface area contributed by atoms with Crippen molar-refractivity contribution in [3.63, 3.8) is 0 Å². The van der Waals surface area contributed by atoms with Crippen molar-refractivity contribution in [2.45, 2.75) is 19.6 Å². The summed E-state index contributed by atoms with van der Waals surface area (Å²) < 4.78 is 6.03. The summed E-state index contributed by atoms with van der Waals surface area (Å²) in [6.07, 6.45) is 3.19. The second kappa shape index (κ2) is 7.15. The molecule has 2 aromatic rings. The Morgan fingerprint density at radius 1 is 1.36 bits per heavy atom. The summed E-state index contributed by atoms with van der Waals surface area (Å²) in [4.78, 5) is 21.5. The van der Waals surface area contributed by atoms with Crippen molar-refractivity contribution < 1.29 is 9.53 Å². The van der Waals surface area contributed by atoms with Gasteiger partial charge < -0.3 is 9.64 Å². The summed E-state index contributed by atoms with van der Waals surface area (Å²) in [6.45, 7) is 6.78. The monoisotopic (exact) mass is 359 g/mol. The molecular formula is C17H21N5O2S. The number of nitrogens with zero attached hydrogens (tertiary/aromatic N) is 5. The highest BCUT2D eigenvalue weighted by Crippen LogP contribution is 2.25. The molecule has 25 heavy (non-hydrogen) atoms. The number of hydrogen-bond donors (Lipinski definition) is 0. The van der Waals surface area contributed by atoms with E-state index in [1.54, 1.807) is 23.6 Å². The van der Waals surface area contributed by atoms with Crippen molar-refractivity contribution >= 4 is 17.2 Å². The number of amides is 1. The number of fused-ring (bicyclic) bond motifs is 1. The third-order valence-electron chi connectivity index (χ3n) is 4.78. The molecular weight excluding hydrogens is 338 g/mol. The molecule has 0 N–H and O–H groups in total. The largest absolute Gasteiger partial charge is 0.375 e. The average molecular weight is 359 g/mol. The fourth-order valence-corrected chi connectivity index (χ4v) is 4.18. The van der Waals surface area contributed by atoms with Crippen LogP contribution < -0.4 is 0 Å². The van der Waals surface area contributed by atoms with Gasteiger partial charge in [0.15, 0.2) is 0 Å². The average Bonchev–Trinajstić information content (AvgIpc) is 3.16. The molecule has 4 heterocycles. The topological polar surface area (TPSA) is 71.5 Å². The summed E-state index contributed by atoms with van der Waals surface area (Å²) in [7, 11) is 0. The minimum Gasteiger partial charge on any atom is -0.375 e. The molecule has 8 heteroatoms. The van der Waals surface area contributed by atoms with Crippen molar-refractivity contribution in [3.05, 3.63) is 40.1 Å². The van der Waals surface area contributed by atoms with Gasteiger partial charge in [0.2, 0.25) is 0 Å². The van der Waals surface area contributed by atoms with E-state index in [0.717, 1.165) is 36.9 Å². The van der Waals surface area contributed by atoms with Gasteiger partial charge in [-0.05, 0) is 13.0 Å². The second-order valence-electron chi connectivity index (χ2n) is 6.60. The Hall–Kier alpha value is -1.90. The highest BCUT2D eigenvalue weighted by molar-refractivity contribution is 7.09. The molecule has 2 atom stereocenters. The first-order valence-corrected chi connectivity index (χ1v) is 9.38. The first-order chi connectivity index (χ1) is 12.2. The normalized spacial score (nSPS) is 24.1. The van der Waals surface area contributed by atoms with E-state index < -0.39 is 0 Å². The van der Waals surface area contributed by atoms with Crippen LogP contribution in [-0.4, -0.2) is 69.8 Å². The minimum absolute atomic E-state index is 0.00764. The van der Waals surface area contributed by atoms with Gasteiger partial charge in [-0.25, -0.2) is 4.98 Å². The lowest BCUT2D eigenvalue weighted by molar-refractivity contribution is 0.0483. The van der Waals surface area contributed by atoms with Gasteiger partial charge in [0.05, 0.1) is 41.4 Å². The van der Waals surface area contributed by atoms with Gasteiger partial charge in [-0.1, -0.05) is 0 Å². The van der Waals surface area contributed by atoms with Crippen LogP contribution >= 0.6 is 11.3 Å². The Morgan fingerprint density at radius 3 is 3.04 bits per heavy atom. The Labute approximate surface area is 150 Å². The third-order valence-corrected chi connectivity index (χ3v) is 5.61. The van der Waals surface area contributed by atoms with Gasteiger partial charge in [0, 0.05) is 44.0 Å². The fourth-order valence-electron chi connectivity index (χ4n) is 3.58. The van der Waals surface area contributed by atoms with E-state index in [1.165, 1.54) is 6.20 Å². The lowest BCUT2D eigenvalue weighted by Crippen LogP contribution is -2.33. The van der Waals surface area contributed by atoms with Crippen LogP contribution in [-0.2, 0) is 11.3 Å². The molecule has 0 aromatic carbocycles. The molecule has 2 aliphatic rings. The van der Waals surface area contributed by atoms with E-state index in [0.29, 0.717) is 24.6 Å². The van der Waals surface area contributed by atoms with Crippen LogP contribution in [0.4, 0.5) is 0 Å². The van der Waals surface area contributed by atoms with Gasteiger partial charge in [-0.2, -0.15) is 10.2 Å². The zero-order chi connectivity index (χ0) is 17.2. The van der Waals surface area contributed by atoms with Crippen LogP contribution in [0.3, 0.4) is 0 Å². The number of ether oxygens (including phenoxy) is 1. The summed E-state index contributed by atoms with van der Waals surface area (Å²) >= 11 is 1.69. The molecule has 2 aliphatic heterocycles. The van der Waals surface area contributed by atoms with Crippen molar-refractivity contribution in [1.82, 2.24) is 25.0 Å². The molecule has 0 aliphatic carbocycles. The Balaban J connectivity index is 1.41. The Morgan fingerprint density at radius 2 is 2.28 bits per heavy atom. The number of rotatable bonds is 3. The maximum absolute atomic E-state index is 12.6. The Kier molecular flexibility index (Phi) is 4.74. The number of carbonyl (C=O) groups is 1. The van der Waals surface area contributed by atoms with E-state index in [1.807, 2.05) is 11.8 Å². The third kappa shape index (κ3) is 3.70. The molecule has 0 unspecified atom stereocenters. The molecule has 0 saturated carbocycles. The highest BCUT2D eigenvalue weighted by Gasteiger charge is 2.38. The number of carbonyl (C=O) groups excluding carboxylic acids is 1. The molecule has 0 radical (unpaired) electrons. The molecule has 7 nitrogen and oxygen atoms in total. The summed E-state index contributed by atoms with van der Waals surface area (Å²) in [5.74, 6) is 0.342. The van der Waals surface area contributed by atoms with Crippen LogP contribution in [0.15, 0.2) is 23.8 Å². The molecule has 4 rings (SSSR count). The van der Waals surface area contributed by atoms with Gasteiger partial charge in [-0.15, -0.1) is 11.3 Å². The number of thiazole rings is 1. The lowest BCUT2D eigenvalue weighted by atomic mass is 10.1. The summed E-state index contributed by atoms with van der Waals surface area (Å²) in [5.41, 5.74) is 1.70. The molecule has 1 amide bonds. The van der Waals surface area contributed by atoms with E-state index in [-0.39, 0.29) is 12.0 Å². The van der Waals surface area contributed by atoms with Gasteiger partial charge in [0.25, 0.3) is 5.91 Å². The van der Waals surface area contributed by atoms with Crippen LogP contribution in [0.1, 0.15) is 21.1 Å². The predicted octanol–water partition coefficient (Wildman–Crippen LogP) is 1.21. The quantitative estimate of drug-likeness (QED) is 0.820. The number of aromatic nitrogens is 3. The van der Waals surface area contributed by atoms with Crippen molar-refractivity contribution in [2.24, 2.45) is 5.92 Å². The van der Waals surface area contributed by atoms with Crippen molar-refractivity contribution in [3.8, 4) is 0 Å². The van der Waals surface area contributed by atoms with E-state index >= 15 is 0 Å². The highest BCUT2D eigenvalue weighted by atomic mass is 32.1. The SMILES string of the molecule is Cc1nc(CN2CCO[C@@H]3CN(C(=O)c4ccnnc4)C[C@@H]3C2)cs1. The zero-order valence-corrected chi connectivity index (χ0v) is 15.0. The zero-order valence-electron chi connectivity index (χ0n) is 14.2. The van der Waals surface area contributed by atoms with E-state index in [4.69, 9.17) is 4.74 Å². The van der Waals surface area contributed by atoms with E-state index in [2.05, 4.69) is 25.5 Å². The smallest absolute Gasteiger partial charge is 0.255 e. The van der Waals surface area contributed by atoms with Crippen molar-refractivity contribution in [2.75, 3.05) is 32.8 Å². The molecule has 0 bridgehead atoms. The predicted molar refractivity (Wildman–Crippen MR) is 93.3 cm³/mol. The second-order valence-corrected chi connectivity index (χ2v) is 7.67. The first-order valence-electron chi connectivity index (χ1n) is 8.50. The van der Waals surface area contributed by atoms with E-state index in [9.17, 15) is 4.79 Å². The maximum Gasteiger partial charge on any atom is 0.255 e. The minimum atomic E-state index is 0.00764. The summed E-state index contributed by atoms with van der Waals surface area (Å²) in [5, 5.41) is 10.8. The lowest BCUT2D eigenvalue weighted by Gasteiger charge is -2.22. The molecule has 0 spiro atoms. The van der Waals surface area contributed by atoms with Crippen LogP contribution in [0, 0.1) is 12.8 Å². The van der Waals surface area contributed by atoms with Crippen LogP contribution in [0.2, 0.25) is 0 Å². The van der Waals surface area contributed by atoms with Gasteiger partial charge >= 0.3 is 0 Å². The van der Waals surface area contributed by atoms with Gasteiger partial charge in [-0.3, -0.25) is 9.69 Å². The molecule has 2 aromatic heterocycles. The van der Waals surface area contributed by atoms with Crippen molar-refractivity contribution in [1.29, 1.82) is 0 Å². The van der Waals surface area contributed by atoms with Crippen LogP contribution in [0.25, 0.3) is 0 Å².